The van der Waals surface area contributed by atoms with Crippen LogP contribution in [-0.2, 0) is 5.41 Å². The second-order valence-corrected chi connectivity index (χ2v) is 11.5. The molecule has 0 unspecified atom stereocenters. The van der Waals surface area contributed by atoms with Gasteiger partial charge in [-0.15, -0.1) is 0 Å². The fraction of sp³-hybridized carbons (Fsp3) is 0.0732. The average Bonchev–Trinajstić information content (AvgIpc) is 3.37. The van der Waals surface area contributed by atoms with Crippen LogP contribution >= 0.6 is 0 Å². The van der Waals surface area contributed by atoms with Crippen molar-refractivity contribution in [2.75, 3.05) is 10.6 Å². The van der Waals surface area contributed by atoms with Crippen LogP contribution in [0.25, 0.3) is 11.1 Å². The number of nitrogens with one attached hydrogen (secondary N) is 2. The Morgan fingerprint density at radius 2 is 0.800 bits per heavy atom. The topological polar surface area (TPSA) is 58.2 Å². The number of anilines is 2. The van der Waals surface area contributed by atoms with Crippen molar-refractivity contribution >= 4 is 23.2 Å². The second kappa shape index (κ2) is 11.4. The van der Waals surface area contributed by atoms with E-state index in [0.717, 1.165) is 33.6 Å². The van der Waals surface area contributed by atoms with Crippen molar-refractivity contribution in [2.45, 2.75) is 19.3 Å². The second-order valence-electron chi connectivity index (χ2n) is 11.5. The lowest BCUT2D eigenvalue weighted by Crippen LogP contribution is -2.28. The Balaban J connectivity index is 1.30. The van der Waals surface area contributed by atoms with Gasteiger partial charge in [0.05, 0.1) is 5.41 Å². The molecule has 6 aromatic carbocycles. The fourth-order valence-electron chi connectivity index (χ4n) is 6.68. The third kappa shape index (κ3) is 4.81. The molecule has 2 amide bonds. The first-order valence-electron chi connectivity index (χ1n) is 15.1. The minimum Gasteiger partial charge on any atom is -0.322 e. The van der Waals surface area contributed by atoms with Gasteiger partial charge >= 0.3 is 0 Å². The Bertz CT molecular complexity index is 1910. The van der Waals surface area contributed by atoms with Crippen molar-refractivity contribution < 1.29 is 9.59 Å². The first-order chi connectivity index (χ1) is 22.0. The number of aryl methyl sites for hydroxylation is 2. The smallest absolute Gasteiger partial charge is 0.255 e. The molecule has 0 aromatic heterocycles. The summed E-state index contributed by atoms with van der Waals surface area (Å²) < 4.78 is 0. The number of benzene rings is 6. The van der Waals surface area contributed by atoms with Gasteiger partial charge in [-0.25, -0.2) is 0 Å². The van der Waals surface area contributed by atoms with E-state index in [4.69, 9.17) is 0 Å². The lowest BCUT2D eigenvalue weighted by Gasteiger charge is -2.34. The molecule has 0 atom stereocenters. The number of hydrogen-bond donors (Lipinski definition) is 2. The maximum atomic E-state index is 13.1. The van der Waals surface area contributed by atoms with E-state index in [1.54, 1.807) is 0 Å². The van der Waals surface area contributed by atoms with Gasteiger partial charge in [-0.3, -0.25) is 9.59 Å². The van der Waals surface area contributed by atoms with Crippen molar-refractivity contribution in [1.29, 1.82) is 0 Å². The van der Waals surface area contributed by atoms with Crippen LogP contribution in [0.5, 0.6) is 0 Å². The molecule has 0 radical (unpaired) electrons. The summed E-state index contributed by atoms with van der Waals surface area (Å²) in [5.41, 5.74) is 11.0. The van der Waals surface area contributed by atoms with Crippen LogP contribution < -0.4 is 10.6 Å². The summed E-state index contributed by atoms with van der Waals surface area (Å²) >= 11 is 0. The molecule has 0 aliphatic heterocycles. The minimum absolute atomic E-state index is 0.129. The zero-order valence-corrected chi connectivity index (χ0v) is 25.2. The molecule has 6 aromatic rings. The number of carbonyl (C=O) groups is 2. The van der Waals surface area contributed by atoms with Gasteiger partial charge in [0.25, 0.3) is 11.8 Å². The Morgan fingerprint density at radius 1 is 0.444 bits per heavy atom. The van der Waals surface area contributed by atoms with Gasteiger partial charge in [-0.2, -0.15) is 0 Å². The maximum Gasteiger partial charge on any atom is 0.255 e. The molecule has 0 saturated carbocycles. The monoisotopic (exact) mass is 584 g/mol. The van der Waals surface area contributed by atoms with Crippen molar-refractivity contribution in [2.24, 2.45) is 0 Å². The summed E-state index contributed by atoms with van der Waals surface area (Å²) in [5, 5.41) is 6.14. The predicted octanol–water partition coefficient (Wildman–Crippen LogP) is 9.17. The molecule has 4 nitrogen and oxygen atoms in total. The van der Waals surface area contributed by atoms with E-state index in [9.17, 15) is 9.59 Å². The Morgan fingerprint density at radius 3 is 1.20 bits per heavy atom. The Hall–Kier alpha value is -5.74. The summed E-state index contributed by atoms with van der Waals surface area (Å²) in [6, 6.07) is 48.7. The molecule has 0 bridgehead atoms. The molecule has 7 rings (SSSR count). The summed E-state index contributed by atoms with van der Waals surface area (Å²) in [4.78, 5) is 26.1. The summed E-state index contributed by atoms with van der Waals surface area (Å²) in [5.74, 6) is -0.258. The normalized spacial score (nSPS) is 12.6. The number of amides is 2. The molecule has 0 heterocycles. The molecular weight excluding hydrogens is 552 g/mol. The maximum absolute atomic E-state index is 13.1. The van der Waals surface area contributed by atoms with Gasteiger partial charge in [0.2, 0.25) is 0 Å². The highest BCUT2D eigenvalue weighted by atomic mass is 16.2. The predicted molar refractivity (Wildman–Crippen MR) is 182 cm³/mol. The molecule has 218 valence electrons. The summed E-state index contributed by atoms with van der Waals surface area (Å²) in [6.07, 6.45) is 0. The average molecular weight is 585 g/mol. The zero-order chi connectivity index (χ0) is 31.0. The Labute approximate surface area is 263 Å². The van der Waals surface area contributed by atoms with E-state index in [2.05, 4.69) is 83.4 Å². The molecular formula is C41H32N2O2. The summed E-state index contributed by atoms with van der Waals surface area (Å²) in [6.45, 7) is 3.88. The molecule has 45 heavy (non-hydrogen) atoms. The van der Waals surface area contributed by atoms with E-state index in [1.165, 1.54) is 22.3 Å². The van der Waals surface area contributed by atoms with Crippen LogP contribution in [0.15, 0.2) is 146 Å². The van der Waals surface area contributed by atoms with Gasteiger partial charge in [-0.05, 0) is 94.8 Å². The lowest BCUT2D eigenvalue weighted by molar-refractivity contribution is 0.101. The van der Waals surface area contributed by atoms with Crippen LogP contribution in [0.1, 0.15) is 54.1 Å². The van der Waals surface area contributed by atoms with E-state index >= 15 is 0 Å². The first-order valence-corrected chi connectivity index (χ1v) is 15.1. The number of fused-ring (bicyclic) bond motifs is 3. The molecule has 4 heteroatoms. The van der Waals surface area contributed by atoms with Gasteiger partial charge in [0, 0.05) is 22.5 Å². The quantitative estimate of drug-likeness (QED) is 0.205. The van der Waals surface area contributed by atoms with E-state index < -0.39 is 5.41 Å². The van der Waals surface area contributed by atoms with Crippen molar-refractivity contribution in [3.8, 4) is 11.1 Å². The third-order valence-electron chi connectivity index (χ3n) is 8.88. The lowest BCUT2D eigenvalue weighted by atomic mass is 9.67. The van der Waals surface area contributed by atoms with Crippen LogP contribution in [0.3, 0.4) is 0 Å². The summed E-state index contributed by atoms with van der Waals surface area (Å²) in [7, 11) is 0. The number of hydrogen-bond acceptors (Lipinski definition) is 2. The van der Waals surface area contributed by atoms with Crippen LogP contribution in [0.4, 0.5) is 11.4 Å². The molecule has 1 aliphatic rings. The van der Waals surface area contributed by atoms with Gasteiger partial charge in [-0.1, -0.05) is 109 Å². The van der Waals surface area contributed by atoms with Gasteiger partial charge in [0.1, 0.15) is 0 Å². The van der Waals surface area contributed by atoms with E-state index in [1.807, 2.05) is 86.6 Å². The minimum atomic E-state index is -0.593. The van der Waals surface area contributed by atoms with Crippen LogP contribution in [-0.4, -0.2) is 11.8 Å². The van der Waals surface area contributed by atoms with Gasteiger partial charge < -0.3 is 10.6 Å². The molecule has 2 N–H and O–H groups in total. The van der Waals surface area contributed by atoms with Crippen molar-refractivity contribution in [1.82, 2.24) is 0 Å². The largest absolute Gasteiger partial charge is 0.322 e. The van der Waals surface area contributed by atoms with Crippen molar-refractivity contribution in [3.63, 3.8) is 0 Å². The first kappa shape index (κ1) is 28.1. The molecule has 0 fully saturated rings. The molecule has 1 aliphatic carbocycles. The van der Waals surface area contributed by atoms with E-state index in [0.29, 0.717) is 11.1 Å². The molecule has 0 spiro atoms. The highest BCUT2D eigenvalue weighted by Crippen LogP contribution is 2.56. The van der Waals surface area contributed by atoms with Crippen molar-refractivity contribution in [3.05, 3.63) is 190 Å². The van der Waals surface area contributed by atoms with E-state index in [-0.39, 0.29) is 11.8 Å². The number of rotatable bonds is 6. The highest BCUT2D eigenvalue weighted by molar-refractivity contribution is 6.06. The zero-order valence-electron chi connectivity index (χ0n) is 25.2. The highest BCUT2D eigenvalue weighted by Gasteiger charge is 2.45. The standard InChI is InChI=1S/C41H32N2O2/c1-27-11-3-5-13-33(27)39(44)42-31-23-19-29(20-24-31)41(37-17-9-7-15-35(37)36-16-8-10-18-38(36)41)30-21-25-32(26-22-30)43-40(45)34-14-6-4-12-28(34)2/h3-26H,1-2H3,(H,42,44)(H,43,45). The Kier molecular flexibility index (Phi) is 7.11. The SMILES string of the molecule is Cc1ccccc1C(=O)Nc1ccc(C2(c3ccc(NC(=O)c4ccccc4C)cc3)c3ccccc3-c3ccccc32)cc1. The molecule has 0 saturated heterocycles. The fourth-order valence-corrected chi connectivity index (χ4v) is 6.68. The van der Waals surface area contributed by atoms with Crippen LogP contribution in [0.2, 0.25) is 0 Å². The third-order valence-corrected chi connectivity index (χ3v) is 8.88. The van der Waals surface area contributed by atoms with Crippen LogP contribution in [0, 0.1) is 13.8 Å². The number of carbonyl (C=O) groups excluding carboxylic acids is 2. The van der Waals surface area contributed by atoms with Gasteiger partial charge in [0.15, 0.2) is 0 Å².